The van der Waals surface area contributed by atoms with Gasteiger partial charge in [0.25, 0.3) is 0 Å². The SMILES string of the molecule is C[C@H](NC(=O)CCC1CCCCC1)c1nc2ccccc2[nH]1. The summed E-state index contributed by atoms with van der Waals surface area (Å²) in [5, 5.41) is 3.06. The van der Waals surface area contributed by atoms with E-state index in [2.05, 4.69) is 15.3 Å². The molecule has 118 valence electrons. The zero-order valence-electron chi connectivity index (χ0n) is 13.3. The molecule has 0 saturated heterocycles. The summed E-state index contributed by atoms with van der Waals surface area (Å²) in [6, 6.07) is 7.86. The van der Waals surface area contributed by atoms with E-state index in [9.17, 15) is 4.79 Å². The largest absolute Gasteiger partial charge is 0.346 e. The lowest BCUT2D eigenvalue weighted by Crippen LogP contribution is -2.27. The molecule has 0 bridgehead atoms. The molecule has 1 atom stereocenters. The van der Waals surface area contributed by atoms with Gasteiger partial charge in [-0.1, -0.05) is 44.2 Å². The first-order valence-electron chi connectivity index (χ1n) is 8.46. The zero-order valence-corrected chi connectivity index (χ0v) is 13.3. The predicted molar refractivity (Wildman–Crippen MR) is 88.5 cm³/mol. The van der Waals surface area contributed by atoms with Gasteiger partial charge in [0.2, 0.25) is 5.91 Å². The molecular formula is C18H25N3O. The quantitative estimate of drug-likeness (QED) is 0.873. The fraction of sp³-hybridized carbons (Fsp3) is 0.556. The Hall–Kier alpha value is -1.84. The first kappa shape index (κ1) is 15.1. The number of carbonyl (C=O) groups is 1. The smallest absolute Gasteiger partial charge is 0.220 e. The van der Waals surface area contributed by atoms with Crippen LogP contribution in [0.4, 0.5) is 0 Å². The molecular weight excluding hydrogens is 274 g/mol. The highest BCUT2D eigenvalue weighted by atomic mass is 16.1. The van der Waals surface area contributed by atoms with Crippen LogP contribution in [0.2, 0.25) is 0 Å². The van der Waals surface area contributed by atoms with Gasteiger partial charge in [-0.3, -0.25) is 4.79 Å². The number of hydrogen-bond acceptors (Lipinski definition) is 2. The lowest BCUT2D eigenvalue weighted by Gasteiger charge is -2.21. The van der Waals surface area contributed by atoms with Gasteiger partial charge in [0.1, 0.15) is 5.82 Å². The first-order valence-corrected chi connectivity index (χ1v) is 8.46. The molecule has 1 amide bonds. The van der Waals surface area contributed by atoms with Crippen molar-refractivity contribution >= 4 is 16.9 Å². The number of benzene rings is 1. The minimum absolute atomic E-state index is 0.0775. The molecule has 2 N–H and O–H groups in total. The Kier molecular flexibility index (Phi) is 4.76. The van der Waals surface area contributed by atoms with Crippen molar-refractivity contribution in [3.63, 3.8) is 0 Å². The molecule has 0 unspecified atom stereocenters. The zero-order chi connectivity index (χ0) is 15.4. The van der Waals surface area contributed by atoms with Gasteiger partial charge < -0.3 is 10.3 Å². The summed E-state index contributed by atoms with van der Waals surface area (Å²) in [6.07, 6.45) is 8.29. The van der Waals surface area contributed by atoms with Gasteiger partial charge in [0.05, 0.1) is 17.1 Å². The van der Waals surface area contributed by atoms with E-state index in [4.69, 9.17) is 0 Å². The van der Waals surface area contributed by atoms with Crippen LogP contribution in [0.15, 0.2) is 24.3 Å². The molecule has 3 rings (SSSR count). The van der Waals surface area contributed by atoms with Crippen molar-refractivity contribution in [1.29, 1.82) is 0 Å². The van der Waals surface area contributed by atoms with Gasteiger partial charge in [0.15, 0.2) is 0 Å². The van der Waals surface area contributed by atoms with Crippen LogP contribution in [0, 0.1) is 5.92 Å². The van der Waals surface area contributed by atoms with E-state index in [0.717, 1.165) is 29.2 Å². The molecule has 1 heterocycles. The Labute approximate surface area is 131 Å². The maximum absolute atomic E-state index is 12.1. The number of carbonyl (C=O) groups excluding carboxylic acids is 1. The second-order valence-corrected chi connectivity index (χ2v) is 6.47. The van der Waals surface area contributed by atoms with Crippen molar-refractivity contribution in [1.82, 2.24) is 15.3 Å². The Balaban J connectivity index is 1.51. The number of nitrogens with zero attached hydrogens (tertiary/aromatic N) is 1. The van der Waals surface area contributed by atoms with Crippen LogP contribution in [0.1, 0.15) is 63.7 Å². The van der Waals surface area contributed by atoms with Gasteiger partial charge in [-0.2, -0.15) is 0 Å². The highest BCUT2D eigenvalue weighted by Crippen LogP contribution is 2.27. The van der Waals surface area contributed by atoms with Crippen LogP contribution in [0.5, 0.6) is 0 Å². The van der Waals surface area contributed by atoms with Crippen LogP contribution in [-0.2, 0) is 4.79 Å². The van der Waals surface area contributed by atoms with Crippen molar-refractivity contribution in [3.8, 4) is 0 Å². The summed E-state index contributed by atoms with van der Waals surface area (Å²) < 4.78 is 0. The van der Waals surface area contributed by atoms with Crippen LogP contribution >= 0.6 is 0 Å². The molecule has 4 nitrogen and oxygen atoms in total. The summed E-state index contributed by atoms with van der Waals surface area (Å²) in [6.45, 7) is 1.98. The lowest BCUT2D eigenvalue weighted by molar-refractivity contribution is -0.122. The molecule has 1 fully saturated rings. The third-order valence-corrected chi connectivity index (χ3v) is 4.70. The van der Waals surface area contributed by atoms with Gasteiger partial charge >= 0.3 is 0 Å². The molecule has 1 aromatic carbocycles. The van der Waals surface area contributed by atoms with E-state index in [1.807, 2.05) is 31.2 Å². The minimum atomic E-state index is -0.0775. The van der Waals surface area contributed by atoms with Gasteiger partial charge in [-0.15, -0.1) is 0 Å². The Bertz CT molecular complexity index is 595. The molecule has 4 heteroatoms. The molecule has 1 aliphatic carbocycles. The van der Waals surface area contributed by atoms with E-state index in [0.29, 0.717) is 6.42 Å². The third kappa shape index (κ3) is 3.67. The first-order chi connectivity index (χ1) is 10.7. The molecule has 1 aliphatic rings. The fourth-order valence-electron chi connectivity index (χ4n) is 3.37. The lowest BCUT2D eigenvalue weighted by atomic mass is 9.86. The Morgan fingerprint density at radius 3 is 2.86 bits per heavy atom. The number of aromatic nitrogens is 2. The highest BCUT2D eigenvalue weighted by Gasteiger charge is 2.17. The third-order valence-electron chi connectivity index (χ3n) is 4.70. The molecule has 0 spiro atoms. The number of hydrogen-bond donors (Lipinski definition) is 2. The molecule has 0 aliphatic heterocycles. The number of fused-ring (bicyclic) bond motifs is 1. The molecule has 2 aromatic rings. The minimum Gasteiger partial charge on any atom is -0.346 e. The van der Waals surface area contributed by atoms with Crippen molar-refractivity contribution < 1.29 is 4.79 Å². The van der Waals surface area contributed by atoms with Crippen LogP contribution in [0.25, 0.3) is 11.0 Å². The van der Waals surface area contributed by atoms with Crippen molar-refractivity contribution in [2.24, 2.45) is 5.92 Å². The second-order valence-electron chi connectivity index (χ2n) is 6.47. The molecule has 1 saturated carbocycles. The van der Waals surface area contributed by atoms with E-state index in [-0.39, 0.29) is 11.9 Å². The van der Waals surface area contributed by atoms with E-state index in [1.54, 1.807) is 0 Å². The van der Waals surface area contributed by atoms with Gasteiger partial charge in [-0.25, -0.2) is 4.98 Å². The number of H-pyrrole nitrogens is 1. The normalized spacial score (nSPS) is 17.5. The van der Waals surface area contributed by atoms with E-state index in [1.165, 1.54) is 32.1 Å². The van der Waals surface area contributed by atoms with Crippen LogP contribution in [0.3, 0.4) is 0 Å². The fourth-order valence-corrected chi connectivity index (χ4v) is 3.37. The number of aromatic amines is 1. The predicted octanol–water partition coefficient (Wildman–Crippen LogP) is 4.10. The molecule has 22 heavy (non-hydrogen) atoms. The summed E-state index contributed by atoms with van der Waals surface area (Å²) in [7, 11) is 0. The van der Waals surface area contributed by atoms with Gasteiger partial charge in [-0.05, 0) is 31.4 Å². The maximum Gasteiger partial charge on any atom is 0.220 e. The van der Waals surface area contributed by atoms with E-state index < -0.39 is 0 Å². The van der Waals surface area contributed by atoms with Crippen molar-refractivity contribution in [2.45, 2.75) is 57.9 Å². The topological polar surface area (TPSA) is 57.8 Å². The monoisotopic (exact) mass is 299 g/mol. The summed E-state index contributed by atoms with van der Waals surface area (Å²) in [5.74, 6) is 1.71. The van der Waals surface area contributed by atoms with Crippen molar-refractivity contribution in [3.05, 3.63) is 30.1 Å². The summed E-state index contributed by atoms with van der Waals surface area (Å²) in [4.78, 5) is 20.0. The Morgan fingerprint density at radius 1 is 1.32 bits per heavy atom. The summed E-state index contributed by atoms with van der Waals surface area (Å²) >= 11 is 0. The second kappa shape index (κ2) is 6.95. The number of imidazole rings is 1. The average molecular weight is 299 g/mol. The van der Waals surface area contributed by atoms with Gasteiger partial charge in [0, 0.05) is 6.42 Å². The average Bonchev–Trinajstić information content (AvgIpc) is 2.98. The molecule has 1 aromatic heterocycles. The molecule has 0 radical (unpaired) electrons. The number of nitrogens with one attached hydrogen (secondary N) is 2. The highest BCUT2D eigenvalue weighted by molar-refractivity contribution is 5.77. The number of rotatable bonds is 5. The maximum atomic E-state index is 12.1. The number of amides is 1. The van der Waals surface area contributed by atoms with Crippen LogP contribution in [-0.4, -0.2) is 15.9 Å². The standard InChI is InChI=1S/C18H25N3O/c1-13(18-20-15-9-5-6-10-16(15)21-18)19-17(22)12-11-14-7-3-2-4-8-14/h5-6,9-10,13-14H,2-4,7-8,11-12H2,1H3,(H,19,22)(H,20,21)/t13-/m0/s1. The van der Waals surface area contributed by atoms with E-state index >= 15 is 0 Å². The van der Waals surface area contributed by atoms with Crippen molar-refractivity contribution in [2.75, 3.05) is 0 Å². The summed E-state index contributed by atoms with van der Waals surface area (Å²) in [5.41, 5.74) is 1.96. The Morgan fingerprint density at radius 2 is 2.09 bits per heavy atom. The van der Waals surface area contributed by atoms with Crippen LogP contribution < -0.4 is 5.32 Å². The number of para-hydroxylation sites is 2.